The van der Waals surface area contributed by atoms with Crippen molar-refractivity contribution in [2.45, 2.75) is 19.0 Å². The maximum absolute atomic E-state index is 12.5. The Morgan fingerprint density at radius 3 is 2.13 bits per heavy atom. The largest absolute Gasteiger partial charge is 0.325 e. The molecule has 0 aliphatic rings. The Bertz CT molecular complexity index is 1200. The van der Waals surface area contributed by atoms with Crippen LogP contribution in [0, 0.1) is 13.8 Å². The topological polar surface area (TPSA) is 67.8 Å². The fourth-order valence-corrected chi connectivity index (χ4v) is 3.82. The van der Waals surface area contributed by atoms with Crippen LogP contribution in [0.4, 0.5) is 5.69 Å². The second-order valence-electron chi connectivity index (χ2n) is 7.18. The molecule has 4 aromatic rings. The molecule has 0 aliphatic carbocycles. The highest BCUT2D eigenvalue weighted by Crippen LogP contribution is 2.29. The van der Waals surface area contributed by atoms with E-state index in [0.717, 1.165) is 39.3 Å². The second-order valence-corrected chi connectivity index (χ2v) is 8.12. The van der Waals surface area contributed by atoms with Crippen molar-refractivity contribution in [1.82, 2.24) is 15.2 Å². The van der Waals surface area contributed by atoms with Gasteiger partial charge in [0.1, 0.15) is 11.4 Å². The standard InChI is InChI=1S/C25H22N4OS/c1-17-13-14-21(18(2)15-17)26-22(30)16-31-25-27-23(19-9-5-3-6-10-19)24(28-29-25)20-11-7-4-8-12-20/h3-15H,16H2,1-2H3,(H,26,30). The van der Waals surface area contributed by atoms with Crippen molar-refractivity contribution in [3.63, 3.8) is 0 Å². The third-order valence-electron chi connectivity index (χ3n) is 4.75. The van der Waals surface area contributed by atoms with Gasteiger partial charge in [-0.1, -0.05) is 90.1 Å². The van der Waals surface area contributed by atoms with Gasteiger partial charge in [0.25, 0.3) is 0 Å². The van der Waals surface area contributed by atoms with Gasteiger partial charge in [-0.15, -0.1) is 10.2 Å². The minimum atomic E-state index is -0.103. The molecule has 1 N–H and O–H groups in total. The maximum Gasteiger partial charge on any atom is 0.234 e. The first kappa shape index (κ1) is 20.8. The van der Waals surface area contributed by atoms with E-state index in [2.05, 4.69) is 15.5 Å². The van der Waals surface area contributed by atoms with E-state index in [4.69, 9.17) is 4.98 Å². The van der Waals surface area contributed by atoms with Crippen LogP contribution in [0.2, 0.25) is 0 Å². The number of thioether (sulfide) groups is 1. The van der Waals surface area contributed by atoms with E-state index in [1.807, 2.05) is 92.7 Å². The molecule has 5 nitrogen and oxygen atoms in total. The highest BCUT2D eigenvalue weighted by molar-refractivity contribution is 7.99. The molecule has 0 bridgehead atoms. The van der Waals surface area contributed by atoms with Crippen LogP contribution in [0.25, 0.3) is 22.5 Å². The average molecular weight is 427 g/mol. The summed E-state index contributed by atoms with van der Waals surface area (Å²) in [5.41, 5.74) is 6.39. The van der Waals surface area contributed by atoms with Crippen LogP contribution >= 0.6 is 11.8 Å². The minimum absolute atomic E-state index is 0.103. The zero-order chi connectivity index (χ0) is 21.6. The Morgan fingerprint density at radius 2 is 1.48 bits per heavy atom. The predicted molar refractivity (Wildman–Crippen MR) is 126 cm³/mol. The summed E-state index contributed by atoms with van der Waals surface area (Å²) in [7, 11) is 0. The van der Waals surface area contributed by atoms with Gasteiger partial charge in [0.05, 0.1) is 5.75 Å². The third-order valence-corrected chi connectivity index (χ3v) is 5.59. The fraction of sp³-hybridized carbons (Fsp3) is 0.120. The summed E-state index contributed by atoms with van der Waals surface area (Å²) in [5.74, 6) is 0.0995. The number of anilines is 1. The number of nitrogens with one attached hydrogen (secondary N) is 1. The Morgan fingerprint density at radius 1 is 0.839 bits per heavy atom. The van der Waals surface area contributed by atoms with Gasteiger partial charge in [0, 0.05) is 16.8 Å². The van der Waals surface area contributed by atoms with Gasteiger partial charge in [0.15, 0.2) is 0 Å². The van der Waals surface area contributed by atoms with Gasteiger partial charge >= 0.3 is 0 Å². The van der Waals surface area contributed by atoms with Crippen LogP contribution in [-0.2, 0) is 4.79 Å². The monoisotopic (exact) mass is 426 g/mol. The highest BCUT2D eigenvalue weighted by Gasteiger charge is 2.15. The van der Waals surface area contributed by atoms with Crippen LogP contribution in [0.5, 0.6) is 0 Å². The summed E-state index contributed by atoms with van der Waals surface area (Å²) in [5, 5.41) is 12.1. The van der Waals surface area contributed by atoms with Gasteiger partial charge in [-0.2, -0.15) is 0 Å². The van der Waals surface area contributed by atoms with E-state index in [1.54, 1.807) is 0 Å². The first-order chi connectivity index (χ1) is 15.1. The first-order valence-corrected chi connectivity index (χ1v) is 10.9. The number of rotatable bonds is 6. The zero-order valence-corrected chi connectivity index (χ0v) is 18.2. The van der Waals surface area contributed by atoms with E-state index >= 15 is 0 Å². The lowest BCUT2D eigenvalue weighted by molar-refractivity contribution is -0.113. The molecule has 1 heterocycles. The van der Waals surface area contributed by atoms with Gasteiger partial charge in [-0.3, -0.25) is 4.79 Å². The van der Waals surface area contributed by atoms with E-state index in [9.17, 15) is 4.79 Å². The number of carbonyl (C=O) groups excluding carboxylic acids is 1. The lowest BCUT2D eigenvalue weighted by Crippen LogP contribution is -2.15. The summed E-state index contributed by atoms with van der Waals surface area (Å²) in [4.78, 5) is 17.2. The second kappa shape index (κ2) is 9.53. The lowest BCUT2D eigenvalue weighted by Gasteiger charge is -2.10. The predicted octanol–water partition coefficient (Wildman–Crippen LogP) is 5.55. The molecule has 6 heteroatoms. The number of hydrogen-bond donors (Lipinski definition) is 1. The molecule has 0 radical (unpaired) electrons. The van der Waals surface area contributed by atoms with Crippen LogP contribution in [-0.4, -0.2) is 26.8 Å². The van der Waals surface area contributed by atoms with Gasteiger partial charge in [0.2, 0.25) is 11.1 Å². The number of hydrogen-bond acceptors (Lipinski definition) is 5. The summed E-state index contributed by atoms with van der Waals surface area (Å²) >= 11 is 1.27. The number of amides is 1. The minimum Gasteiger partial charge on any atom is -0.325 e. The summed E-state index contributed by atoms with van der Waals surface area (Å²) < 4.78 is 0. The Balaban J connectivity index is 1.54. The molecule has 4 rings (SSSR count). The molecular weight excluding hydrogens is 404 g/mol. The third kappa shape index (κ3) is 5.16. The van der Waals surface area contributed by atoms with Crippen molar-refractivity contribution < 1.29 is 4.79 Å². The fourth-order valence-electron chi connectivity index (χ4n) is 3.23. The summed E-state index contributed by atoms with van der Waals surface area (Å²) in [6, 6.07) is 25.7. The van der Waals surface area contributed by atoms with Crippen molar-refractivity contribution >= 4 is 23.4 Å². The van der Waals surface area contributed by atoms with Gasteiger partial charge in [-0.25, -0.2) is 4.98 Å². The molecule has 0 saturated heterocycles. The van der Waals surface area contributed by atoms with Crippen LogP contribution in [0.15, 0.2) is 84.0 Å². The first-order valence-electron chi connectivity index (χ1n) is 9.95. The Hall–Kier alpha value is -3.51. The molecule has 0 spiro atoms. The molecule has 0 fully saturated rings. The van der Waals surface area contributed by atoms with E-state index < -0.39 is 0 Å². The molecule has 1 amide bonds. The van der Waals surface area contributed by atoms with E-state index in [0.29, 0.717) is 5.16 Å². The molecule has 0 saturated carbocycles. The molecule has 154 valence electrons. The highest BCUT2D eigenvalue weighted by atomic mass is 32.2. The number of benzene rings is 3. The van der Waals surface area contributed by atoms with Crippen LogP contribution < -0.4 is 5.32 Å². The van der Waals surface area contributed by atoms with Crippen molar-refractivity contribution in [2.24, 2.45) is 0 Å². The lowest BCUT2D eigenvalue weighted by atomic mass is 10.0. The van der Waals surface area contributed by atoms with Crippen LogP contribution in [0.3, 0.4) is 0 Å². The van der Waals surface area contributed by atoms with Crippen LogP contribution in [0.1, 0.15) is 11.1 Å². The van der Waals surface area contributed by atoms with Gasteiger partial charge < -0.3 is 5.32 Å². The van der Waals surface area contributed by atoms with E-state index in [1.165, 1.54) is 11.8 Å². The SMILES string of the molecule is Cc1ccc(NC(=O)CSc2nnc(-c3ccccc3)c(-c3ccccc3)n2)c(C)c1. The van der Waals surface area contributed by atoms with Crippen molar-refractivity contribution in [3.8, 4) is 22.5 Å². The molecule has 0 unspecified atom stereocenters. The number of aryl methyl sites for hydroxylation is 2. The number of aromatic nitrogens is 3. The summed E-state index contributed by atoms with van der Waals surface area (Å²) in [6.07, 6.45) is 0. The smallest absolute Gasteiger partial charge is 0.234 e. The van der Waals surface area contributed by atoms with Crippen molar-refractivity contribution in [2.75, 3.05) is 11.1 Å². The Labute approximate surface area is 186 Å². The molecule has 0 aliphatic heterocycles. The zero-order valence-electron chi connectivity index (χ0n) is 17.4. The average Bonchev–Trinajstić information content (AvgIpc) is 2.80. The van der Waals surface area contributed by atoms with Crippen molar-refractivity contribution in [1.29, 1.82) is 0 Å². The van der Waals surface area contributed by atoms with Crippen molar-refractivity contribution in [3.05, 3.63) is 90.0 Å². The Kier molecular flexibility index (Phi) is 6.38. The molecule has 31 heavy (non-hydrogen) atoms. The quantitative estimate of drug-likeness (QED) is 0.409. The molecule has 0 atom stereocenters. The maximum atomic E-state index is 12.5. The normalized spacial score (nSPS) is 10.6. The number of nitrogens with zero attached hydrogens (tertiary/aromatic N) is 3. The van der Waals surface area contributed by atoms with E-state index in [-0.39, 0.29) is 11.7 Å². The molecular formula is C25H22N4OS. The molecule has 3 aromatic carbocycles. The van der Waals surface area contributed by atoms with Gasteiger partial charge in [-0.05, 0) is 25.5 Å². The molecule has 1 aromatic heterocycles. The summed E-state index contributed by atoms with van der Waals surface area (Å²) in [6.45, 7) is 4.01. The number of carbonyl (C=O) groups is 1.